The van der Waals surface area contributed by atoms with Crippen LogP contribution in [0.3, 0.4) is 0 Å². The number of nitrogens with one attached hydrogen (secondary N) is 2. The lowest BCUT2D eigenvalue weighted by atomic mass is 9.85. The Morgan fingerprint density at radius 2 is 2.04 bits per heavy atom. The van der Waals surface area contributed by atoms with Crippen molar-refractivity contribution in [3.8, 4) is 0 Å². The van der Waals surface area contributed by atoms with Crippen molar-refractivity contribution in [3.05, 3.63) is 50.2 Å². The highest BCUT2D eigenvalue weighted by atomic mass is 16.2. The van der Waals surface area contributed by atoms with Crippen molar-refractivity contribution in [1.82, 2.24) is 20.1 Å². The smallest absolute Gasteiger partial charge is 0.261 e. The summed E-state index contributed by atoms with van der Waals surface area (Å²) in [5, 5.41) is 7.75. The number of aromatic amines is 2. The number of carbonyl (C=O) groups is 1. The number of hydrogen-bond donors (Lipinski definition) is 2. The lowest BCUT2D eigenvalue weighted by Gasteiger charge is -2.28. The second kappa shape index (κ2) is 7.94. The molecule has 0 radical (unpaired) electrons. The topological polar surface area (TPSA) is 81.8 Å². The Bertz CT molecular complexity index is 921. The lowest BCUT2D eigenvalue weighted by molar-refractivity contribution is 0.0731. The zero-order valence-electron chi connectivity index (χ0n) is 16.9. The summed E-state index contributed by atoms with van der Waals surface area (Å²) >= 11 is 0. The molecule has 2 N–H and O–H groups in total. The van der Waals surface area contributed by atoms with Crippen molar-refractivity contribution < 1.29 is 4.79 Å². The number of fused-ring (bicyclic) bond motifs is 1. The third-order valence-electron chi connectivity index (χ3n) is 6.40. The van der Waals surface area contributed by atoms with Crippen molar-refractivity contribution in [2.75, 3.05) is 6.54 Å². The zero-order valence-corrected chi connectivity index (χ0v) is 16.9. The van der Waals surface area contributed by atoms with Gasteiger partial charge in [0.1, 0.15) is 5.56 Å². The van der Waals surface area contributed by atoms with E-state index in [1.807, 2.05) is 19.9 Å². The van der Waals surface area contributed by atoms with Crippen LogP contribution in [0.5, 0.6) is 0 Å². The van der Waals surface area contributed by atoms with Gasteiger partial charge in [-0.2, -0.15) is 5.10 Å². The molecule has 6 heteroatoms. The first-order valence-corrected chi connectivity index (χ1v) is 10.6. The van der Waals surface area contributed by atoms with E-state index in [-0.39, 0.29) is 17.0 Å². The fourth-order valence-electron chi connectivity index (χ4n) is 4.83. The van der Waals surface area contributed by atoms with Gasteiger partial charge in [0, 0.05) is 36.5 Å². The number of carbonyl (C=O) groups excluding carboxylic acids is 1. The number of pyridine rings is 1. The average molecular weight is 383 g/mol. The molecule has 0 unspecified atom stereocenters. The molecule has 1 amide bonds. The maximum absolute atomic E-state index is 13.1. The summed E-state index contributed by atoms with van der Waals surface area (Å²) in [5.41, 5.74) is 4.90. The maximum Gasteiger partial charge on any atom is 0.261 e. The van der Waals surface area contributed by atoms with Gasteiger partial charge < -0.3 is 9.88 Å². The summed E-state index contributed by atoms with van der Waals surface area (Å²) < 4.78 is 0. The highest BCUT2D eigenvalue weighted by Gasteiger charge is 2.28. The van der Waals surface area contributed by atoms with Gasteiger partial charge in [-0.1, -0.05) is 32.1 Å². The van der Waals surface area contributed by atoms with Gasteiger partial charge in [-0.25, -0.2) is 0 Å². The van der Waals surface area contributed by atoms with Crippen molar-refractivity contribution in [1.29, 1.82) is 0 Å². The Hall–Kier alpha value is -2.37. The molecule has 2 aliphatic rings. The quantitative estimate of drug-likeness (QED) is 0.850. The van der Waals surface area contributed by atoms with E-state index >= 15 is 0 Å². The van der Waals surface area contributed by atoms with E-state index in [9.17, 15) is 9.59 Å². The molecule has 1 aliphatic heterocycles. The first-order valence-electron chi connectivity index (χ1n) is 10.6. The van der Waals surface area contributed by atoms with Crippen LogP contribution in [0.4, 0.5) is 0 Å². The number of amides is 1. The minimum atomic E-state index is -0.294. The fourth-order valence-corrected chi connectivity index (χ4v) is 4.83. The van der Waals surface area contributed by atoms with Crippen LogP contribution in [0, 0.1) is 19.8 Å². The summed E-state index contributed by atoms with van der Waals surface area (Å²) in [6, 6.07) is 1.86. The standard InChI is InChI=1S/C22H30N4O2/c1-14-12-15(2)23-21(27)20(14)22(28)26-11-10-19-17(13-26)18(24-25-19)9-8-16-6-4-3-5-7-16/h12,16H,3-11,13H2,1-2H3,(H,23,27)(H,24,25). The molecule has 0 spiro atoms. The Kier molecular flexibility index (Phi) is 5.38. The molecule has 6 nitrogen and oxygen atoms in total. The van der Waals surface area contributed by atoms with Crippen LogP contribution < -0.4 is 5.56 Å². The van der Waals surface area contributed by atoms with E-state index in [4.69, 9.17) is 0 Å². The van der Waals surface area contributed by atoms with Crippen molar-refractivity contribution in [2.24, 2.45) is 5.92 Å². The minimum absolute atomic E-state index is 0.177. The first kappa shape index (κ1) is 19.0. The second-order valence-corrected chi connectivity index (χ2v) is 8.49. The molecule has 0 atom stereocenters. The van der Waals surface area contributed by atoms with Crippen molar-refractivity contribution >= 4 is 5.91 Å². The van der Waals surface area contributed by atoms with Crippen LogP contribution in [0.15, 0.2) is 10.9 Å². The normalized spacial score (nSPS) is 17.6. The number of hydrogen-bond acceptors (Lipinski definition) is 3. The summed E-state index contributed by atoms with van der Waals surface area (Å²) in [7, 11) is 0. The Balaban J connectivity index is 1.49. The molecule has 28 heavy (non-hydrogen) atoms. The summed E-state index contributed by atoms with van der Waals surface area (Å²) in [6.45, 7) is 4.82. The van der Waals surface area contributed by atoms with E-state index in [1.165, 1.54) is 38.5 Å². The van der Waals surface area contributed by atoms with Gasteiger partial charge >= 0.3 is 0 Å². The Morgan fingerprint density at radius 3 is 2.79 bits per heavy atom. The summed E-state index contributed by atoms with van der Waals surface area (Å²) in [6.07, 6.45) is 9.69. The highest BCUT2D eigenvalue weighted by molar-refractivity contribution is 5.95. The molecular formula is C22H30N4O2. The predicted octanol–water partition coefficient (Wildman–Crippen LogP) is 3.43. The predicted molar refractivity (Wildman–Crippen MR) is 108 cm³/mol. The van der Waals surface area contributed by atoms with Gasteiger partial charge in [-0.3, -0.25) is 14.7 Å². The monoisotopic (exact) mass is 382 g/mol. The van der Waals surface area contributed by atoms with E-state index in [0.29, 0.717) is 13.1 Å². The molecule has 4 rings (SSSR count). The van der Waals surface area contributed by atoms with E-state index in [0.717, 1.165) is 47.0 Å². The maximum atomic E-state index is 13.1. The SMILES string of the molecule is Cc1cc(C)c(C(=O)N2CCc3[nH]nc(CCC4CCCCC4)c3C2)c(=O)[nH]1. The molecule has 1 saturated carbocycles. The molecule has 150 valence electrons. The van der Waals surface area contributed by atoms with Gasteiger partial charge in [0.15, 0.2) is 0 Å². The first-order chi connectivity index (χ1) is 13.5. The zero-order chi connectivity index (χ0) is 19.7. The number of nitrogens with zero attached hydrogens (tertiary/aromatic N) is 2. The average Bonchev–Trinajstić information content (AvgIpc) is 3.08. The fraction of sp³-hybridized carbons (Fsp3) is 0.591. The third kappa shape index (κ3) is 3.77. The van der Waals surface area contributed by atoms with Crippen LogP contribution >= 0.6 is 0 Å². The van der Waals surface area contributed by atoms with E-state index in [2.05, 4.69) is 15.2 Å². The Morgan fingerprint density at radius 1 is 1.25 bits per heavy atom. The third-order valence-corrected chi connectivity index (χ3v) is 6.40. The Labute approximate surface area is 165 Å². The van der Waals surface area contributed by atoms with Crippen molar-refractivity contribution in [2.45, 2.75) is 71.8 Å². The number of aryl methyl sites for hydroxylation is 3. The minimum Gasteiger partial charge on any atom is -0.334 e. The van der Waals surface area contributed by atoms with Crippen LogP contribution in [-0.2, 0) is 19.4 Å². The van der Waals surface area contributed by atoms with E-state index < -0.39 is 0 Å². The number of H-pyrrole nitrogens is 2. The molecule has 3 heterocycles. The number of aromatic nitrogens is 3. The molecule has 2 aromatic rings. The highest BCUT2D eigenvalue weighted by Crippen LogP contribution is 2.29. The van der Waals surface area contributed by atoms with Crippen molar-refractivity contribution in [3.63, 3.8) is 0 Å². The molecule has 1 aliphatic carbocycles. The van der Waals surface area contributed by atoms with Gasteiger partial charge in [0.25, 0.3) is 11.5 Å². The largest absolute Gasteiger partial charge is 0.334 e. The van der Waals surface area contributed by atoms with Crippen LogP contribution in [-0.4, -0.2) is 32.5 Å². The summed E-state index contributed by atoms with van der Waals surface area (Å²) in [5.74, 6) is 0.639. The molecule has 0 aromatic carbocycles. The molecule has 0 saturated heterocycles. The molecular weight excluding hydrogens is 352 g/mol. The van der Waals surface area contributed by atoms with E-state index in [1.54, 1.807) is 4.90 Å². The second-order valence-electron chi connectivity index (χ2n) is 8.49. The van der Waals surface area contributed by atoms with Crippen LogP contribution in [0.2, 0.25) is 0 Å². The van der Waals surface area contributed by atoms with Gasteiger partial charge in [0.05, 0.1) is 5.69 Å². The van der Waals surface area contributed by atoms with Gasteiger partial charge in [-0.15, -0.1) is 0 Å². The molecule has 2 aromatic heterocycles. The van der Waals surface area contributed by atoms with Crippen LogP contribution in [0.1, 0.15) is 77.1 Å². The lowest BCUT2D eigenvalue weighted by Crippen LogP contribution is -2.39. The summed E-state index contributed by atoms with van der Waals surface area (Å²) in [4.78, 5) is 30.0. The van der Waals surface area contributed by atoms with Gasteiger partial charge in [-0.05, 0) is 44.2 Å². The number of rotatable bonds is 4. The molecule has 1 fully saturated rings. The molecule has 0 bridgehead atoms. The van der Waals surface area contributed by atoms with Crippen LogP contribution in [0.25, 0.3) is 0 Å². The van der Waals surface area contributed by atoms with Gasteiger partial charge in [0.2, 0.25) is 0 Å².